The number of nitrogens with zero attached hydrogens (tertiary/aromatic N) is 1. The number of amides is 2. The predicted octanol–water partition coefficient (Wildman–Crippen LogP) is 4.79. The van der Waals surface area contributed by atoms with Crippen LogP contribution in [0.1, 0.15) is 56.5 Å². The average Bonchev–Trinajstić information content (AvgIpc) is 2.79. The van der Waals surface area contributed by atoms with E-state index in [9.17, 15) is 9.59 Å². The van der Waals surface area contributed by atoms with Gasteiger partial charge in [-0.25, -0.2) is 4.99 Å². The van der Waals surface area contributed by atoms with Crippen molar-refractivity contribution in [1.29, 1.82) is 0 Å². The predicted molar refractivity (Wildman–Crippen MR) is 119 cm³/mol. The molecule has 1 unspecified atom stereocenters. The summed E-state index contributed by atoms with van der Waals surface area (Å²) in [6.45, 7) is 8.87. The summed E-state index contributed by atoms with van der Waals surface area (Å²) in [5, 5.41) is 2.93. The molecule has 1 atom stereocenters. The molecule has 0 spiro atoms. The molecule has 29 heavy (non-hydrogen) atoms. The first-order valence-electron chi connectivity index (χ1n) is 9.98. The summed E-state index contributed by atoms with van der Waals surface area (Å²) >= 11 is 3.55. The third-order valence-corrected chi connectivity index (χ3v) is 6.02. The SMILES string of the molecule is CCCC1=CC(C)=NC(=O)C1CNC(=O)c1cc(Br)c2c(c1)CC(C)=C(C)CO2. The van der Waals surface area contributed by atoms with E-state index in [1.54, 1.807) is 6.07 Å². The lowest BCUT2D eigenvalue weighted by atomic mass is 9.91. The average molecular weight is 459 g/mol. The van der Waals surface area contributed by atoms with Gasteiger partial charge in [-0.3, -0.25) is 9.59 Å². The molecule has 0 bridgehead atoms. The van der Waals surface area contributed by atoms with Gasteiger partial charge in [-0.15, -0.1) is 0 Å². The van der Waals surface area contributed by atoms with Crippen LogP contribution in [0.2, 0.25) is 0 Å². The lowest BCUT2D eigenvalue weighted by Crippen LogP contribution is -2.35. The van der Waals surface area contributed by atoms with Gasteiger partial charge in [0.2, 0.25) is 0 Å². The minimum absolute atomic E-state index is 0.179. The molecule has 2 heterocycles. The second kappa shape index (κ2) is 9.08. The molecule has 2 aliphatic heterocycles. The highest BCUT2D eigenvalue weighted by atomic mass is 79.9. The van der Waals surface area contributed by atoms with Crippen molar-refractivity contribution < 1.29 is 14.3 Å². The van der Waals surface area contributed by atoms with Crippen LogP contribution in [0.25, 0.3) is 0 Å². The van der Waals surface area contributed by atoms with E-state index in [0.717, 1.165) is 46.3 Å². The molecule has 1 aromatic rings. The summed E-state index contributed by atoms with van der Waals surface area (Å²) in [6.07, 6.45) is 4.49. The van der Waals surface area contributed by atoms with Crippen molar-refractivity contribution in [1.82, 2.24) is 5.32 Å². The minimum atomic E-state index is -0.386. The van der Waals surface area contributed by atoms with Crippen molar-refractivity contribution in [3.8, 4) is 5.75 Å². The van der Waals surface area contributed by atoms with Crippen molar-refractivity contribution in [3.63, 3.8) is 0 Å². The van der Waals surface area contributed by atoms with E-state index < -0.39 is 0 Å². The van der Waals surface area contributed by atoms with E-state index in [0.29, 0.717) is 12.2 Å². The van der Waals surface area contributed by atoms with Gasteiger partial charge in [0.25, 0.3) is 11.8 Å². The van der Waals surface area contributed by atoms with E-state index in [1.807, 2.05) is 19.1 Å². The number of fused-ring (bicyclic) bond motifs is 1. The highest BCUT2D eigenvalue weighted by Crippen LogP contribution is 2.35. The quantitative estimate of drug-likeness (QED) is 0.644. The van der Waals surface area contributed by atoms with Gasteiger partial charge in [0.05, 0.1) is 10.4 Å². The third kappa shape index (κ3) is 4.86. The van der Waals surface area contributed by atoms with Gasteiger partial charge < -0.3 is 10.1 Å². The molecule has 1 N–H and O–H groups in total. The van der Waals surface area contributed by atoms with E-state index in [-0.39, 0.29) is 24.3 Å². The Morgan fingerprint density at radius 1 is 1.28 bits per heavy atom. The maximum Gasteiger partial charge on any atom is 0.254 e. The fraction of sp³-hybridized carbons (Fsp3) is 0.435. The van der Waals surface area contributed by atoms with Crippen molar-refractivity contribution in [3.05, 3.63) is 50.5 Å². The Morgan fingerprint density at radius 2 is 2.03 bits per heavy atom. The molecule has 0 saturated carbocycles. The lowest BCUT2D eigenvalue weighted by Gasteiger charge is -2.21. The van der Waals surface area contributed by atoms with Crippen molar-refractivity contribution >= 4 is 33.5 Å². The first kappa shape index (κ1) is 21.5. The van der Waals surface area contributed by atoms with Crippen LogP contribution in [0, 0.1) is 5.92 Å². The van der Waals surface area contributed by atoms with Crippen molar-refractivity contribution in [2.75, 3.05) is 13.2 Å². The van der Waals surface area contributed by atoms with Gasteiger partial charge in [-0.05, 0) is 73.3 Å². The Kier molecular flexibility index (Phi) is 6.73. The number of hydrogen-bond donors (Lipinski definition) is 1. The number of rotatable bonds is 5. The zero-order valence-electron chi connectivity index (χ0n) is 17.4. The standard InChI is InChI=1S/C23H27BrN2O3/c1-5-6-16-8-15(4)26-23(28)19(16)11-25-22(27)18-9-17-7-13(2)14(3)12-29-21(17)20(24)10-18/h8-10,19H,5-7,11-12H2,1-4H3,(H,25,27). The molecule has 6 heteroatoms. The van der Waals surface area contributed by atoms with Crippen LogP contribution in [0.3, 0.4) is 0 Å². The Bertz CT molecular complexity index is 944. The molecular formula is C23H27BrN2O3. The first-order chi connectivity index (χ1) is 13.8. The van der Waals surface area contributed by atoms with Crippen LogP contribution in [-0.4, -0.2) is 30.7 Å². The second-order valence-corrected chi connectivity index (χ2v) is 8.65. The fourth-order valence-electron chi connectivity index (χ4n) is 3.68. The topological polar surface area (TPSA) is 67.8 Å². The number of carbonyl (C=O) groups excluding carboxylic acids is 2. The number of dihydropyridines is 1. The minimum Gasteiger partial charge on any atom is -0.488 e. The summed E-state index contributed by atoms with van der Waals surface area (Å²) in [5.74, 6) is 0.0220. The second-order valence-electron chi connectivity index (χ2n) is 7.80. The molecular weight excluding hydrogens is 432 g/mol. The molecule has 0 fully saturated rings. The number of aliphatic imine (C=N–C) groups is 1. The van der Waals surface area contributed by atoms with Gasteiger partial charge in [0.15, 0.2) is 0 Å². The summed E-state index contributed by atoms with van der Waals surface area (Å²) in [6, 6.07) is 3.66. The van der Waals surface area contributed by atoms with E-state index in [4.69, 9.17) is 4.74 Å². The Labute approximate surface area is 180 Å². The molecule has 0 aliphatic carbocycles. The van der Waals surface area contributed by atoms with Crippen molar-refractivity contribution in [2.45, 2.75) is 47.0 Å². The summed E-state index contributed by atoms with van der Waals surface area (Å²) in [4.78, 5) is 29.3. The number of hydrogen-bond acceptors (Lipinski definition) is 3. The molecule has 3 rings (SSSR count). The highest BCUT2D eigenvalue weighted by molar-refractivity contribution is 9.10. The fourth-order valence-corrected chi connectivity index (χ4v) is 4.29. The molecule has 154 valence electrons. The number of nitrogens with one attached hydrogen (secondary N) is 1. The van der Waals surface area contributed by atoms with Gasteiger partial charge in [0.1, 0.15) is 12.4 Å². The molecule has 0 radical (unpaired) electrons. The highest BCUT2D eigenvalue weighted by Gasteiger charge is 2.26. The van der Waals surface area contributed by atoms with Gasteiger partial charge in [0, 0.05) is 23.4 Å². The molecule has 2 aliphatic rings. The summed E-state index contributed by atoms with van der Waals surface area (Å²) < 4.78 is 6.68. The van der Waals surface area contributed by atoms with E-state index >= 15 is 0 Å². The monoisotopic (exact) mass is 458 g/mol. The molecule has 2 amide bonds. The molecule has 1 aromatic carbocycles. The van der Waals surface area contributed by atoms with Gasteiger partial charge in [-0.2, -0.15) is 0 Å². The smallest absolute Gasteiger partial charge is 0.254 e. The Balaban J connectivity index is 1.76. The molecule has 0 saturated heterocycles. The normalized spacial score (nSPS) is 19.1. The number of carbonyl (C=O) groups is 2. The number of benzene rings is 1. The maximum atomic E-state index is 12.8. The van der Waals surface area contributed by atoms with E-state index in [2.05, 4.69) is 47.0 Å². The van der Waals surface area contributed by atoms with Crippen LogP contribution in [-0.2, 0) is 11.2 Å². The van der Waals surface area contributed by atoms with E-state index in [1.165, 1.54) is 11.1 Å². The van der Waals surface area contributed by atoms with Crippen LogP contribution in [0.4, 0.5) is 0 Å². The lowest BCUT2D eigenvalue weighted by molar-refractivity contribution is -0.120. The Morgan fingerprint density at radius 3 is 2.76 bits per heavy atom. The Hall–Kier alpha value is -2.21. The maximum absolute atomic E-state index is 12.8. The van der Waals surface area contributed by atoms with Crippen LogP contribution in [0.5, 0.6) is 5.75 Å². The largest absolute Gasteiger partial charge is 0.488 e. The van der Waals surface area contributed by atoms with Crippen LogP contribution < -0.4 is 10.1 Å². The number of allylic oxidation sites excluding steroid dienone is 2. The number of halogens is 1. The zero-order valence-corrected chi connectivity index (χ0v) is 19.0. The van der Waals surface area contributed by atoms with Crippen LogP contribution in [0.15, 0.2) is 44.4 Å². The third-order valence-electron chi connectivity index (χ3n) is 5.43. The van der Waals surface area contributed by atoms with Gasteiger partial charge in [-0.1, -0.05) is 24.5 Å². The summed E-state index contributed by atoms with van der Waals surface area (Å²) in [5.41, 5.74) is 5.77. The van der Waals surface area contributed by atoms with Crippen LogP contribution >= 0.6 is 15.9 Å². The first-order valence-corrected chi connectivity index (χ1v) is 10.8. The summed E-state index contributed by atoms with van der Waals surface area (Å²) in [7, 11) is 0. The van der Waals surface area contributed by atoms with Gasteiger partial charge >= 0.3 is 0 Å². The van der Waals surface area contributed by atoms with Crippen molar-refractivity contribution in [2.24, 2.45) is 10.9 Å². The number of ether oxygens (including phenoxy) is 1. The zero-order chi connectivity index (χ0) is 21.1. The molecule has 0 aromatic heterocycles. The molecule has 5 nitrogen and oxygen atoms in total.